The molecule has 2 N–H and O–H groups in total. The number of carboxylic acid groups (broad SMARTS) is 1. The first kappa shape index (κ1) is 19.4. The Bertz CT molecular complexity index is 718. The summed E-state index contributed by atoms with van der Waals surface area (Å²) in [7, 11) is -3.65. The SMILES string of the molecule is CC(C)[C@@H](NC(=O)C1CCCN(S(=O)(=O)c2ccccc2)C1)C(=O)O. The first-order valence-corrected chi connectivity index (χ1v) is 9.76. The summed E-state index contributed by atoms with van der Waals surface area (Å²) >= 11 is 0. The molecule has 2 atom stereocenters. The van der Waals surface area contributed by atoms with E-state index in [2.05, 4.69) is 5.32 Å². The van der Waals surface area contributed by atoms with Gasteiger partial charge in [0.25, 0.3) is 0 Å². The van der Waals surface area contributed by atoms with Gasteiger partial charge in [-0.2, -0.15) is 4.31 Å². The summed E-state index contributed by atoms with van der Waals surface area (Å²) in [6.07, 6.45) is 1.10. The molecule has 25 heavy (non-hydrogen) atoms. The minimum Gasteiger partial charge on any atom is -0.480 e. The Morgan fingerprint density at radius 2 is 1.88 bits per heavy atom. The van der Waals surface area contributed by atoms with Gasteiger partial charge in [0.15, 0.2) is 0 Å². The molecule has 0 aromatic heterocycles. The molecule has 8 heteroatoms. The summed E-state index contributed by atoms with van der Waals surface area (Å²) < 4.78 is 26.7. The standard InChI is InChI=1S/C17H24N2O5S/c1-12(2)15(17(21)22)18-16(20)13-7-6-10-19(11-13)25(23,24)14-8-4-3-5-9-14/h3-5,8-9,12-13,15H,6-7,10-11H2,1-2H3,(H,18,20)(H,21,22)/t13?,15-/m1/s1. The van der Waals surface area contributed by atoms with Gasteiger partial charge in [0.2, 0.25) is 15.9 Å². The fourth-order valence-electron chi connectivity index (χ4n) is 2.90. The van der Waals surface area contributed by atoms with Crippen LogP contribution in [0.2, 0.25) is 0 Å². The van der Waals surface area contributed by atoms with Crippen molar-refractivity contribution in [1.82, 2.24) is 9.62 Å². The van der Waals surface area contributed by atoms with Crippen molar-refractivity contribution in [3.05, 3.63) is 30.3 Å². The second kappa shape index (κ2) is 7.97. The van der Waals surface area contributed by atoms with Gasteiger partial charge in [-0.05, 0) is 30.9 Å². The van der Waals surface area contributed by atoms with E-state index in [1.54, 1.807) is 32.0 Å². The first-order chi connectivity index (χ1) is 11.7. The molecule has 1 aliphatic heterocycles. The minimum atomic E-state index is -3.65. The average molecular weight is 368 g/mol. The lowest BCUT2D eigenvalue weighted by atomic mass is 9.97. The number of nitrogens with one attached hydrogen (secondary N) is 1. The third-order valence-corrected chi connectivity index (χ3v) is 6.25. The number of sulfonamides is 1. The zero-order chi connectivity index (χ0) is 18.6. The summed E-state index contributed by atoms with van der Waals surface area (Å²) in [5, 5.41) is 11.7. The van der Waals surface area contributed by atoms with Crippen molar-refractivity contribution in [1.29, 1.82) is 0 Å². The molecule has 0 radical (unpaired) electrons. The highest BCUT2D eigenvalue weighted by Gasteiger charge is 2.35. The van der Waals surface area contributed by atoms with Gasteiger partial charge in [-0.1, -0.05) is 32.0 Å². The number of rotatable bonds is 6. The Hall–Kier alpha value is -1.93. The largest absolute Gasteiger partial charge is 0.480 e. The molecular weight excluding hydrogens is 344 g/mol. The molecule has 1 unspecified atom stereocenters. The van der Waals surface area contributed by atoms with Gasteiger partial charge in [-0.25, -0.2) is 13.2 Å². The third kappa shape index (κ3) is 4.58. The van der Waals surface area contributed by atoms with Crippen molar-refractivity contribution in [2.24, 2.45) is 11.8 Å². The van der Waals surface area contributed by atoms with Crippen LogP contribution in [-0.2, 0) is 19.6 Å². The zero-order valence-electron chi connectivity index (χ0n) is 14.4. The highest BCUT2D eigenvalue weighted by molar-refractivity contribution is 7.89. The van der Waals surface area contributed by atoms with Crippen molar-refractivity contribution >= 4 is 21.9 Å². The molecule has 0 spiro atoms. The van der Waals surface area contributed by atoms with Crippen LogP contribution in [0.1, 0.15) is 26.7 Å². The molecule has 1 aromatic rings. The van der Waals surface area contributed by atoms with E-state index in [1.807, 2.05) is 0 Å². The molecule has 1 aromatic carbocycles. The first-order valence-electron chi connectivity index (χ1n) is 8.32. The van der Waals surface area contributed by atoms with E-state index in [9.17, 15) is 23.1 Å². The molecule has 1 aliphatic rings. The number of piperidine rings is 1. The lowest BCUT2D eigenvalue weighted by Crippen LogP contribution is -2.50. The van der Waals surface area contributed by atoms with Crippen LogP contribution in [0.15, 0.2) is 35.2 Å². The fraction of sp³-hybridized carbons (Fsp3) is 0.529. The van der Waals surface area contributed by atoms with E-state index in [4.69, 9.17) is 0 Å². The number of nitrogens with zero attached hydrogens (tertiary/aromatic N) is 1. The topological polar surface area (TPSA) is 104 Å². The molecule has 1 fully saturated rings. The van der Waals surface area contributed by atoms with Gasteiger partial charge in [0.1, 0.15) is 6.04 Å². The highest BCUT2D eigenvalue weighted by atomic mass is 32.2. The van der Waals surface area contributed by atoms with E-state index >= 15 is 0 Å². The van der Waals surface area contributed by atoms with Crippen LogP contribution >= 0.6 is 0 Å². The van der Waals surface area contributed by atoms with E-state index in [0.717, 1.165) is 0 Å². The molecule has 0 bridgehead atoms. The van der Waals surface area contributed by atoms with Crippen LogP contribution in [-0.4, -0.2) is 48.8 Å². The van der Waals surface area contributed by atoms with Crippen molar-refractivity contribution in [3.8, 4) is 0 Å². The van der Waals surface area contributed by atoms with Gasteiger partial charge in [-0.3, -0.25) is 4.79 Å². The summed E-state index contributed by atoms with van der Waals surface area (Å²) in [5.41, 5.74) is 0. The van der Waals surface area contributed by atoms with Crippen LogP contribution in [0.25, 0.3) is 0 Å². The van der Waals surface area contributed by atoms with Crippen molar-refractivity contribution in [3.63, 3.8) is 0 Å². The van der Waals surface area contributed by atoms with Gasteiger partial charge in [0.05, 0.1) is 10.8 Å². The molecular formula is C17H24N2O5S. The van der Waals surface area contributed by atoms with Gasteiger partial charge < -0.3 is 10.4 Å². The molecule has 1 heterocycles. The number of amides is 1. The lowest BCUT2D eigenvalue weighted by Gasteiger charge is -2.32. The van der Waals surface area contributed by atoms with Crippen LogP contribution in [0, 0.1) is 11.8 Å². The predicted octanol–water partition coefficient (Wildman–Crippen LogP) is 1.31. The average Bonchev–Trinajstić information content (AvgIpc) is 2.59. The van der Waals surface area contributed by atoms with Crippen LogP contribution in [0.3, 0.4) is 0 Å². The van der Waals surface area contributed by atoms with Gasteiger partial charge in [0, 0.05) is 13.1 Å². The number of carbonyl (C=O) groups excluding carboxylic acids is 1. The Kier molecular flexibility index (Phi) is 6.18. The summed E-state index contributed by atoms with van der Waals surface area (Å²) in [5.74, 6) is -2.30. The molecule has 138 valence electrons. The monoisotopic (exact) mass is 368 g/mol. The van der Waals surface area contributed by atoms with E-state index < -0.39 is 33.9 Å². The van der Waals surface area contributed by atoms with Crippen molar-refractivity contribution in [2.75, 3.05) is 13.1 Å². The molecule has 1 saturated heterocycles. The normalized spacial score (nSPS) is 20.2. The Labute approximate surface area is 148 Å². The van der Waals surface area contributed by atoms with Crippen LogP contribution < -0.4 is 5.32 Å². The van der Waals surface area contributed by atoms with Crippen LogP contribution in [0.4, 0.5) is 0 Å². The van der Waals surface area contributed by atoms with E-state index in [0.29, 0.717) is 19.4 Å². The van der Waals surface area contributed by atoms with Crippen molar-refractivity contribution in [2.45, 2.75) is 37.6 Å². The fourth-order valence-corrected chi connectivity index (χ4v) is 4.45. The second-order valence-electron chi connectivity index (χ2n) is 6.58. The van der Waals surface area contributed by atoms with E-state index in [-0.39, 0.29) is 17.4 Å². The molecule has 0 aliphatic carbocycles. The highest BCUT2D eigenvalue weighted by Crippen LogP contribution is 2.24. The Balaban J connectivity index is 2.10. The molecule has 0 saturated carbocycles. The number of carboxylic acids is 1. The summed E-state index contributed by atoms with van der Waals surface area (Å²) in [6, 6.07) is 7.12. The number of hydrogen-bond acceptors (Lipinski definition) is 4. The molecule has 1 amide bonds. The van der Waals surface area contributed by atoms with Gasteiger partial charge >= 0.3 is 5.97 Å². The number of benzene rings is 1. The predicted molar refractivity (Wildman–Crippen MR) is 92.3 cm³/mol. The minimum absolute atomic E-state index is 0.0630. The summed E-state index contributed by atoms with van der Waals surface area (Å²) in [4.78, 5) is 23.9. The zero-order valence-corrected chi connectivity index (χ0v) is 15.2. The Morgan fingerprint density at radius 3 is 2.44 bits per heavy atom. The molecule has 2 rings (SSSR count). The van der Waals surface area contributed by atoms with Crippen molar-refractivity contribution < 1.29 is 23.1 Å². The Morgan fingerprint density at radius 1 is 1.24 bits per heavy atom. The second-order valence-corrected chi connectivity index (χ2v) is 8.52. The third-order valence-electron chi connectivity index (χ3n) is 4.37. The maximum atomic E-state index is 12.7. The lowest BCUT2D eigenvalue weighted by molar-refractivity contribution is -0.144. The maximum absolute atomic E-state index is 12.7. The molecule has 7 nitrogen and oxygen atoms in total. The van der Waals surface area contributed by atoms with Gasteiger partial charge in [-0.15, -0.1) is 0 Å². The number of hydrogen-bond donors (Lipinski definition) is 2. The van der Waals surface area contributed by atoms with Crippen LogP contribution in [0.5, 0.6) is 0 Å². The van der Waals surface area contributed by atoms with E-state index in [1.165, 1.54) is 16.4 Å². The smallest absolute Gasteiger partial charge is 0.326 e. The quantitative estimate of drug-likeness (QED) is 0.788. The number of carbonyl (C=O) groups is 2. The number of aliphatic carboxylic acids is 1. The summed E-state index contributed by atoms with van der Waals surface area (Å²) in [6.45, 7) is 3.85. The maximum Gasteiger partial charge on any atom is 0.326 e.